The molecular weight excluding hydrogens is 340 g/mol. The standard InChI is InChI=1S/C19H21BrO2/c1-22-19(21)17-15-13-11-9-7-5-3-2-4-6-8-10-12-14-16-18-20/h2-3,16,18H,4,6,8,10,13,15,17H2,1H3. The smallest absolute Gasteiger partial charge is 0.305 e. The molecule has 0 saturated carbocycles. The molecule has 0 amide bonds. The van der Waals surface area contributed by atoms with Gasteiger partial charge in [-0.25, -0.2) is 0 Å². The van der Waals surface area contributed by atoms with Gasteiger partial charge < -0.3 is 4.74 Å². The van der Waals surface area contributed by atoms with E-state index in [0.29, 0.717) is 19.3 Å². The highest BCUT2D eigenvalue weighted by atomic mass is 79.9. The molecule has 0 aliphatic heterocycles. The van der Waals surface area contributed by atoms with Crippen molar-refractivity contribution in [3.8, 4) is 35.5 Å². The van der Waals surface area contributed by atoms with Gasteiger partial charge in [0.2, 0.25) is 0 Å². The van der Waals surface area contributed by atoms with Crippen LogP contribution in [0.25, 0.3) is 0 Å². The van der Waals surface area contributed by atoms with E-state index in [1.807, 2.05) is 6.08 Å². The molecule has 0 atom stereocenters. The molecule has 0 aromatic rings. The first kappa shape index (κ1) is 20.1. The predicted octanol–water partition coefficient (Wildman–Crippen LogP) is 4.37. The molecule has 3 heteroatoms. The molecule has 0 aromatic heterocycles. The number of carbonyl (C=O) groups is 1. The van der Waals surface area contributed by atoms with Crippen molar-refractivity contribution in [2.75, 3.05) is 7.11 Å². The fraction of sp³-hybridized carbons (Fsp3) is 0.421. The SMILES string of the molecule is COC(=O)CCCC#CC#CC=CCCCCC#CC=CBr. The third-order valence-corrected chi connectivity index (χ3v) is 2.77. The summed E-state index contributed by atoms with van der Waals surface area (Å²) < 4.78 is 4.54. The lowest BCUT2D eigenvalue weighted by molar-refractivity contribution is -0.140. The number of carbonyl (C=O) groups excluding carboxylic acids is 1. The summed E-state index contributed by atoms with van der Waals surface area (Å²) in [6, 6.07) is 0. The maximum absolute atomic E-state index is 10.8. The van der Waals surface area contributed by atoms with Gasteiger partial charge in [0.05, 0.1) is 7.11 Å². The van der Waals surface area contributed by atoms with E-state index in [9.17, 15) is 4.79 Å². The Morgan fingerprint density at radius 3 is 2.64 bits per heavy atom. The van der Waals surface area contributed by atoms with Gasteiger partial charge in [0.25, 0.3) is 0 Å². The van der Waals surface area contributed by atoms with E-state index in [1.165, 1.54) is 7.11 Å². The van der Waals surface area contributed by atoms with Gasteiger partial charge in [0.15, 0.2) is 0 Å². The second-order valence-electron chi connectivity index (χ2n) is 4.26. The van der Waals surface area contributed by atoms with Gasteiger partial charge in [0, 0.05) is 19.3 Å². The molecule has 0 aliphatic rings. The number of esters is 1. The third-order valence-electron chi connectivity index (χ3n) is 2.51. The Kier molecular flexibility index (Phi) is 15.7. The first-order valence-electron chi connectivity index (χ1n) is 7.25. The summed E-state index contributed by atoms with van der Waals surface area (Å²) in [6.45, 7) is 0. The second-order valence-corrected chi connectivity index (χ2v) is 4.79. The van der Waals surface area contributed by atoms with Crippen LogP contribution in [0.3, 0.4) is 0 Å². The van der Waals surface area contributed by atoms with Crippen molar-refractivity contribution in [1.29, 1.82) is 0 Å². The molecule has 0 rings (SSSR count). The van der Waals surface area contributed by atoms with Crippen LogP contribution in [0.15, 0.2) is 23.2 Å². The van der Waals surface area contributed by atoms with E-state index in [1.54, 1.807) is 11.1 Å². The molecule has 0 saturated heterocycles. The Hall–Kier alpha value is -1.89. The summed E-state index contributed by atoms with van der Waals surface area (Å²) in [5.74, 6) is 17.1. The number of allylic oxidation sites excluding steroid dienone is 3. The minimum atomic E-state index is -0.193. The average Bonchev–Trinajstić information content (AvgIpc) is 2.54. The van der Waals surface area contributed by atoms with Crippen LogP contribution < -0.4 is 0 Å². The summed E-state index contributed by atoms with van der Waals surface area (Å²) in [5.41, 5.74) is 0. The number of hydrogen-bond acceptors (Lipinski definition) is 2. The lowest BCUT2D eigenvalue weighted by Crippen LogP contribution is -1.98. The molecule has 0 spiro atoms. The number of hydrogen-bond donors (Lipinski definition) is 0. The summed E-state index contributed by atoms with van der Waals surface area (Å²) >= 11 is 3.17. The topological polar surface area (TPSA) is 26.3 Å². The molecular formula is C19H21BrO2. The van der Waals surface area contributed by atoms with Gasteiger partial charge >= 0.3 is 5.97 Å². The van der Waals surface area contributed by atoms with Crippen LogP contribution in [-0.4, -0.2) is 13.1 Å². The van der Waals surface area contributed by atoms with Crippen LogP contribution in [0.4, 0.5) is 0 Å². The van der Waals surface area contributed by atoms with Crippen molar-refractivity contribution in [2.24, 2.45) is 0 Å². The molecule has 0 unspecified atom stereocenters. The van der Waals surface area contributed by atoms with Crippen LogP contribution in [-0.2, 0) is 9.53 Å². The quantitative estimate of drug-likeness (QED) is 0.383. The van der Waals surface area contributed by atoms with E-state index >= 15 is 0 Å². The van der Waals surface area contributed by atoms with Crippen molar-refractivity contribution < 1.29 is 9.53 Å². The predicted molar refractivity (Wildman–Crippen MR) is 94.9 cm³/mol. The molecule has 0 radical (unpaired) electrons. The monoisotopic (exact) mass is 360 g/mol. The molecule has 0 aromatic carbocycles. The van der Waals surface area contributed by atoms with Gasteiger partial charge in [-0.05, 0) is 54.7 Å². The molecule has 0 aliphatic carbocycles. The van der Waals surface area contributed by atoms with Crippen molar-refractivity contribution in [1.82, 2.24) is 0 Å². The molecule has 0 bridgehead atoms. The van der Waals surface area contributed by atoms with Gasteiger partial charge in [-0.15, -0.1) is 0 Å². The first-order valence-corrected chi connectivity index (χ1v) is 8.16. The molecule has 0 heterocycles. The summed E-state index contributed by atoms with van der Waals surface area (Å²) in [7, 11) is 1.39. The summed E-state index contributed by atoms with van der Waals surface area (Å²) in [4.78, 5) is 12.6. The zero-order chi connectivity index (χ0) is 16.3. The lowest BCUT2D eigenvalue weighted by Gasteiger charge is -1.93. The first-order chi connectivity index (χ1) is 10.8. The highest BCUT2D eigenvalue weighted by molar-refractivity contribution is 9.11. The minimum Gasteiger partial charge on any atom is -0.469 e. The number of methoxy groups -OCH3 is 1. The molecule has 0 N–H and O–H groups in total. The van der Waals surface area contributed by atoms with Crippen LogP contribution in [0.1, 0.15) is 44.9 Å². The maximum atomic E-state index is 10.8. The Bertz CT molecular complexity index is 539. The molecule has 22 heavy (non-hydrogen) atoms. The van der Waals surface area contributed by atoms with Crippen molar-refractivity contribution >= 4 is 21.9 Å². The zero-order valence-corrected chi connectivity index (χ0v) is 14.5. The van der Waals surface area contributed by atoms with E-state index in [4.69, 9.17) is 0 Å². The van der Waals surface area contributed by atoms with Crippen LogP contribution in [0, 0.1) is 35.5 Å². The highest BCUT2D eigenvalue weighted by Gasteiger charge is 1.96. The molecule has 0 fully saturated rings. The van der Waals surface area contributed by atoms with E-state index in [2.05, 4.69) is 62.3 Å². The van der Waals surface area contributed by atoms with Crippen molar-refractivity contribution in [3.05, 3.63) is 23.2 Å². The largest absolute Gasteiger partial charge is 0.469 e. The fourth-order valence-electron chi connectivity index (χ4n) is 1.39. The molecule has 2 nitrogen and oxygen atoms in total. The Morgan fingerprint density at radius 1 is 1.05 bits per heavy atom. The van der Waals surface area contributed by atoms with Gasteiger partial charge in [-0.3, -0.25) is 4.79 Å². The summed E-state index contributed by atoms with van der Waals surface area (Å²) in [5, 5.41) is 0. The maximum Gasteiger partial charge on any atom is 0.305 e. The van der Waals surface area contributed by atoms with Crippen LogP contribution >= 0.6 is 15.9 Å². The van der Waals surface area contributed by atoms with E-state index < -0.39 is 0 Å². The Morgan fingerprint density at radius 2 is 1.86 bits per heavy atom. The molecule has 116 valence electrons. The van der Waals surface area contributed by atoms with Gasteiger partial charge in [-0.1, -0.05) is 45.7 Å². The lowest BCUT2D eigenvalue weighted by atomic mass is 10.2. The Balaban J connectivity index is 3.59. The fourth-order valence-corrected chi connectivity index (χ4v) is 1.52. The van der Waals surface area contributed by atoms with Crippen LogP contribution in [0.2, 0.25) is 0 Å². The van der Waals surface area contributed by atoms with E-state index in [0.717, 1.165) is 25.7 Å². The van der Waals surface area contributed by atoms with Gasteiger partial charge in [-0.2, -0.15) is 0 Å². The van der Waals surface area contributed by atoms with E-state index in [-0.39, 0.29) is 5.97 Å². The van der Waals surface area contributed by atoms with Crippen molar-refractivity contribution in [2.45, 2.75) is 44.9 Å². The number of ether oxygens (including phenoxy) is 1. The second kappa shape index (κ2) is 17.2. The summed E-state index contributed by atoms with van der Waals surface area (Å²) in [6.07, 6.45) is 11.6. The minimum absolute atomic E-state index is 0.193. The average molecular weight is 361 g/mol. The number of halogens is 1. The normalized spacial score (nSPS) is 9.36. The third kappa shape index (κ3) is 16.2. The Labute approximate surface area is 142 Å². The number of rotatable bonds is 7. The highest BCUT2D eigenvalue weighted by Crippen LogP contribution is 1.99. The zero-order valence-electron chi connectivity index (χ0n) is 13.0. The van der Waals surface area contributed by atoms with Crippen molar-refractivity contribution in [3.63, 3.8) is 0 Å². The number of unbranched alkanes of at least 4 members (excludes halogenated alkanes) is 4. The van der Waals surface area contributed by atoms with Gasteiger partial charge in [0.1, 0.15) is 0 Å². The van der Waals surface area contributed by atoms with Crippen LogP contribution in [0.5, 0.6) is 0 Å².